The van der Waals surface area contributed by atoms with Crippen LogP contribution < -0.4 is 10.1 Å². The fourth-order valence-electron chi connectivity index (χ4n) is 3.49. The molecular weight excluding hydrogens is 388 g/mol. The van der Waals surface area contributed by atoms with Gasteiger partial charge in [0.15, 0.2) is 0 Å². The third-order valence-corrected chi connectivity index (χ3v) is 5.12. The number of carbonyl (C=O) groups excluding carboxylic acids is 2. The topological polar surface area (TPSA) is 58.6 Å². The number of hydrogen-bond acceptors (Lipinski definition) is 3. The number of carbonyl (C=O) groups is 2. The van der Waals surface area contributed by atoms with Crippen molar-refractivity contribution in [3.8, 4) is 5.75 Å². The van der Waals surface area contributed by atoms with Gasteiger partial charge in [0.05, 0.1) is 7.11 Å². The largest absolute Gasteiger partial charge is 0.497 e. The number of hydrogen-bond donors (Lipinski definition) is 1. The maximum absolute atomic E-state index is 13.3. The molecule has 0 bridgehead atoms. The molecule has 0 unspecified atom stereocenters. The van der Waals surface area contributed by atoms with Crippen LogP contribution in [-0.2, 0) is 22.6 Å². The Morgan fingerprint density at radius 1 is 1.06 bits per heavy atom. The molecule has 2 rings (SSSR count). The number of methoxy groups -OCH3 is 1. The first-order valence-corrected chi connectivity index (χ1v) is 10.9. The normalized spacial score (nSPS) is 12.2. The van der Waals surface area contributed by atoms with Gasteiger partial charge >= 0.3 is 0 Å². The van der Waals surface area contributed by atoms with Gasteiger partial charge in [0.25, 0.3) is 0 Å². The van der Waals surface area contributed by atoms with Crippen molar-refractivity contribution in [2.24, 2.45) is 0 Å². The van der Waals surface area contributed by atoms with E-state index >= 15 is 0 Å². The molecule has 2 aromatic carbocycles. The Labute approximate surface area is 186 Å². The number of nitrogens with one attached hydrogen (secondary N) is 1. The van der Waals surface area contributed by atoms with Gasteiger partial charge in [0.2, 0.25) is 11.8 Å². The van der Waals surface area contributed by atoms with E-state index < -0.39 is 6.04 Å². The van der Waals surface area contributed by atoms with E-state index in [1.165, 1.54) is 5.56 Å². The van der Waals surface area contributed by atoms with Gasteiger partial charge < -0.3 is 15.0 Å². The average Bonchev–Trinajstić information content (AvgIpc) is 2.71. The van der Waals surface area contributed by atoms with Crippen molar-refractivity contribution < 1.29 is 14.3 Å². The molecule has 5 heteroatoms. The molecule has 0 radical (unpaired) electrons. The van der Waals surface area contributed by atoms with Crippen molar-refractivity contribution in [2.75, 3.05) is 7.11 Å². The highest BCUT2D eigenvalue weighted by Gasteiger charge is 2.30. The first-order chi connectivity index (χ1) is 14.6. The van der Waals surface area contributed by atoms with Gasteiger partial charge in [-0.25, -0.2) is 0 Å². The first-order valence-electron chi connectivity index (χ1n) is 10.9. The first kappa shape index (κ1) is 24.4. The Kier molecular flexibility index (Phi) is 8.66. The van der Waals surface area contributed by atoms with Gasteiger partial charge in [-0.1, -0.05) is 48.9 Å². The SMILES string of the molecule is CC[C@H](C(=O)NC(C)(C)C)N(Cc1cccc(OC)c1)C(=O)CCc1ccc(C)cc1. The average molecular weight is 425 g/mol. The lowest BCUT2D eigenvalue weighted by Crippen LogP contribution is -2.53. The van der Waals surface area contributed by atoms with Crippen LogP contribution >= 0.6 is 0 Å². The minimum Gasteiger partial charge on any atom is -0.497 e. The molecule has 0 spiro atoms. The molecule has 5 nitrogen and oxygen atoms in total. The predicted molar refractivity (Wildman–Crippen MR) is 125 cm³/mol. The Balaban J connectivity index is 2.24. The highest BCUT2D eigenvalue weighted by Crippen LogP contribution is 2.19. The highest BCUT2D eigenvalue weighted by atomic mass is 16.5. The molecule has 168 valence electrons. The number of amides is 2. The Morgan fingerprint density at radius 2 is 1.74 bits per heavy atom. The molecule has 0 aliphatic heterocycles. The van der Waals surface area contributed by atoms with Gasteiger partial charge in [-0.2, -0.15) is 0 Å². The van der Waals surface area contributed by atoms with Crippen LogP contribution in [0.25, 0.3) is 0 Å². The van der Waals surface area contributed by atoms with Crippen molar-refractivity contribution in [3.63, 3.8) is 0 Å². The predicted octanol–water partition coefficient (Wildman–Crippen LogP) is 4.66. The van der Waals surface area contributed by atoms with Crippen LogP contribution in [0.4, 0.5) is 0 Å². The maximum Gasteiger partial charge on any atom is 0.243 e. The van der Waals surface area contributed by atoms with E-state index in [1.807, 2.05) is 58.9 Å². The smallest absolute Gasteiger partial charge is 0.243 e. The number of ether oxygens (including phenoxy) is 1. The molecule has 2 aromatic rings. The molecule has 31 heavy (non-hydrogen) atoms. The summed E-state index contributed by atoms with van der Waals surface area (Å²) in [4.78, 5) is 28.1. The van der Waals surface area contributed by atoms with E-state index in [1.54, 1.807) is 12.0 Å². The highest BCUT2D eigenvalue weighted by molar-refractivity contribution is 5.88. The second-order valence-corrected chi connectivity index (χ2v) is 9.02. The van der Waals surface area contributed by atoms with Crippen LogP contribution in [-0.4, -0.2) is 35.4 Å². The monoisotopic (exact) mass is 424 g/mol. The lowest BCUT2D eigenvalue weighted by molar-refractivity contribution is -0.142. The van der Waals surface area contributed by atoms with Crippen LogP contribution in [0.1, 0.15) is 57.2 Å². The Hall–Kier alpha value is -2.82. The summed E-state index contributed by atoms with van der Waals surface area (Å²) in [6, 6.07) is 15.3. The van der Waals surface area contributed by atoms with Crippen molar-refractivity contribution in [1.82, 2.24) is 10.2 Å². The number of nitrogens with zero attached hydrogens (tertiary/aromatic N) is 1. The zero-order valence-electron chi connectivity index (χ0n) is 19.7. The van der Waals surface area contributed by atoms with Crippen LogP contribution in [0.5, 0.6) is 5.75 Å². The lowest BCUT2D eigenvalue weighted by Gasteiger charge is -2.33. The summed E-state index contributed by atoms with van der Waals surface area (Å²) >= 11 is 0. The molecule has 0 saturated carbocycles. The summed E-state index contributed by atoms with van der Waals surface area (Å²) in [7, 11) is 1.62. The van der Waals surface area contributed by atoms with Gasteiger partial charge in [-0.05, 0) is 63.8 Å². The summed E-state index contributed by atoms with van der Waals surface area (Å²) in [6.45, 7) is 10.2. The zero-order valence-corrected chi connectivity index (χ0v) is 19.7. The molecule has 0 aromatic heterocycles. The van der Waals surface area contributed by atoms with Crippen molar-refractivity contribution in [2.45, 2.75) is 72.0 Å². The zero-order chi connectivity index (χ0) is 23.0. The molecule has 0 fully saturated rings. The molecule has 0 aliphatic carbocycles. The Morgan fingerprint density at radius 3 is 2.32 bits per heavy atom. The summed E-state index contributed by atoms with van der Waals surface area (Å²) in [5, 5.41) is 3.04. The van der Waals surface area contributed by atoms with E-state index in [9.17, 15) is 9.59 Å². The maximum atomic E-state index is 13.3. The molecule has 1 N–H and O–H groups in total. The molecule has 0 heterocycles. The summed E-state index contributed by atoms with van der Waals surface area (Å²) < 4.78 is 5.33. The molecule has 0 aliphatic rings. The third kappa shape index (κ3) is 7.74. The van der Waals surface area contributed by atoms with Crippen LogP contribution in [0, 0.1) is 6.92 Å². The summed E-state index contributed by atoms with van der Waals surface area (Å²) in [5.74, 6) is 0.581. The minimum absolute atomic E-state index is 0.0284. The van der Waals surface area contributed by atoms with E-state index in [0.717, 1.165) is 16.9 Å². The van der Waals surface area contributed by atoms with Gasteiger partial charge in [0, 0.05) is 18.5 Å². The number of rotatable bonds is 9. The summed E-state index contributed by atoms with van der Waals surface area (Å²) in [6.07, 6.45) is 1.54. The van der Waals surface area contributed by atoms with E-state index in [4.69, 9.17) is 4.74 Å². The van der Waals surface area contributed by atoms with Gasteiger partial charge in [-0.15, -0.1) is 0 Å². The lowest BCUT2D eigenvalue weighted by atomic mass is 10.0. The third-order valence-electron chi connectivity index (χ3n) is 5.12. The van der Waals surface area contributed by atoms with Crippen molar-refractivity contribution in [1.29, 1.82) is 0 Å². The standard InChI is InChI=1S/C26H36N2O3/c1-7-23(25(30)27-26(3,4)5)28(18-21-9-8-10-22(17-21)31-6)24(29)16-15-20-13-11-19(2)12-14-20/h8-14,17,23H,7,15-16,18H2,1-6H3,(H,27,30)/t23-/m1/s1. The molecule has 2 amide bonds. The van der Waals surface area contributed by atoms with Gasteiger partial charge in [-0.3, -0.25) is 9.59 Å². The molecule has 0 saturated heterocycles. The van der Waals surface area contributed by atoms with E-state index in [2.05, 4.69) is 29.6 Å². The van der Waals surface area contributed by atoms with E-state index in [0.29, 0.717) is 25.8 Å². The summed E-state index contributed by atoms with van der Waals surface area (Å²) in [5.41, 5.74) is 2.88. The molecule has 1 atom stereocenters. The second kappa shape index (κ2) is 11.0. The fourth-order valence-corrected chi connectivity index (χ4v) is 3.49. The quantitative estimate of drug-likeness (QED) is 0.637. The second-order valence-electron chi connectivity index (χ2n) is 9.02. The van der Waals surface area contributed by atoms with Crippen LogP contribution in [0.2, 0.25) is 0 Å². The number of benzene rings is 2. The molecular formula is C26H36N2O3. The van der Waals surface area contributed by atoms with Crippen molar-refractivity contribution in [3.05, 3.63) is 65.2 Å². The van der Waals surface area contributed by atoms with Crippen LogP contribution in [0.3, 0.4) is 0 Å². The van der Waals surface area contributed by atoms with Crippen molar-refractivity contribution >= 4 is 11.8 Å². The van der Waals surface area contributed by atoms with Gasteiger partial charge in [0.1, 0.15) is 11.8 Å². The Bertz CT molecular complexity index is 869. The number of aryl methyl sites for hydroxylation is 2. The minimum atomic E-state index is -0.532. The fraction of sp³-hybridized carbons (Fsp3) is 0.462. The van der Waals surface area contributed by atoms with Crippen LogP contribution in [0.15, 0.2) is 48.5 Å². The van der Waals surface area contributed by atoms with E-state index in [-0.39, 0.29) is 17.4 Å².